The fourth-order valence-electron chi connectivity index (χ4n) is 3.03. The lowest BCUT2D eigenvalue weighted by Crippen LogP contribution is -2.43. The first-order chi connectivity index (χ1) is 11.0. The molecule has 7 nitrogen and oxygen atoms in total. The Morgan fingerprint density at radius 3 is 2.83 bits per heavy atom. The number of rotatable bonds is 3. The molecule has 124 valence electrons. The number of hydrogen-bond donors (Lipinski definition) is 1. The van der Waals surface area contributed by atoms with Gasteiger partial charge in [-0.05, 0) is 27.7 Å². The van der Waals surface area contributed by atoms with Crippen molar-refractivity contribution in [3.05, 3.63) is 34.9 Å². The molecule has 0 spiro atoms. The average Bonchev–Trinajstić information content (AvgIpc) is 3.14. The Kier molecular flexibility index (Phi) is 4.21. The van der Waals surface area contributed by atoms with Crippen LogP contribution in [0.1, 0.15) is 53.2 Å². The Balaban J connectivity index is 1.90. The van der Waals surface area contributed by atoms with Crippen LogP contribution >= 0.6 is 0 Å². The number of aromatic amines is 1. The molecular formula is C16H23N5O2. The van der Waals surface area contributed by atoms with Gasteiger partial charge in [0.1, 0.15) is 0 Å². The molecule has 1 aliphatic rings. The van der Waals surface area contributed by atoms with Gasteiger partial charge >= 0.3 is 0 Å². The molecule has 0 saturated carbocycles. The molecule has 7 heteroatoms. The second-order valence-electron chi connectivity index (χ2n) is 6.24. The van der Waals surface area contributed by atoms with E-state index in [9.17, 15) is 4.79 Å². The van der Waals surface area contributed by atoms with E-state index >= 15 is 0 Å². The quantitative estimate of drug-likeness (QED) is 0.939. The Morgan fingerprint density at radius 2 is 2.22 bits per heavy atom. The molecule has 1 fully saturated rings. The maximum atomic E-state index is 13.0. The summed E-state index contributed by atoms with van der Waals surface area (Å²) in [5, 5.41) is 11.5. The van der Waals surface area contributed by atoms with Crippen LogP contribution in [0.15, 0.2) is 12.4 Å². The largest absolute Gasteiger partial charge is 0.377 e. The van der Waals surface area contributed by atoms with E-state index in [0.717, 1.165) is 17.0 Å². The number of carbonyl (C=O) groups is 1. The number of nitrogens with one attached hydrogen (secondary N) is 1. The summed E-state index contributed by atoms with van der Waals surface area (Å²) in [6.07, 6.45) is 3.46. The Hall–Kier alpha value is -2.15. The van der Waals surface area contributed by atoms with Crippen molar-refractivity contribution in [1.29, 1.82) is 0 Å². The summed E-state index contributed by atoms with van der Waals surface area (Å²) in [6, 6.07) is 0.118. The zero-order valence-electron chi connectivity index (χ0n) is 14.0. The third kappa shape index (κ3) is 2.88. The number of amides is 1. The first-order valence-corrected chi connectivity index (χ1v) is 7.93. The van der Waals surface area contributed by atoms with Gasteiger partial charge < -0.3 is 9.64 Å². The van der Waals surface area contributed by atoms with Gasteiger partial charge in [0.05, 0.1) is 36.7 Å². The Morgan fingerprint density at radius 1 is 1.43 bits per heavy atom. The van der Waals surface area contributed by atoms with Crippen LogP contribution in [0.25, 0.3) is 0 Å². The van der Waals surface area contributed by atoms with Gasteiger partial charge in [-0.1, -0.05) is 0 Å². The van der Waals surface area contributed by atoms with E-state index in [-0.39, 0.29) is 18.0 Å². The molecule has 0 aromatic carbocycles. The van der Waals surface area contributed by atoms with Crippen LogP contribution in [0.4, 0.5) is 0 Å². The van der Waals surface area contributed by atoms with Gasteiger partial charge in [-0.25, -0.2) is 0 Å². The van der Waals surface area contributed by atoms with Crippen molar-refractivity contribution < 1.29 is 9.53 Å². The van der Waals surface area contributed by atoms with Crippen LogP contribution in [0.5, 0.6) is 0 Å². The highest BCUT2D eigenvalue weighted by Crippen LogP contribution is 2.29. The Bertz CT molecular complexity index is 684. The van der Waals surface area contributed by atoms with E-state index in [0.29, 0.717) is 25.3 Å². The standard InChI is InChI=1S/C16H23N5O2/c1-10(2)21-8-13(7-17-21)16(22)20-5-6-23-9-14(20)15-11(3)18-19-12(15)4/h7-8,10,14H,5-6,9H2,1-4H3,(H,18,19). The zero-order valence-corrected chi connectivity index (χ0v) is 14.0. The molecular weight excluding hydrogens is 294 g/mol. The molecule has 3 heterocycles. The van der Waals surface area contributed by atoms with Gasteiger partial charge in [-0.3, -0.25) is 14.6 Å². The number of hydrogen-bond acceptors (Lipinski definition) is 4. The highest BCUT2D eigenvalue weighted by atomic mass is 16.5. The highest BCUT2D eigenvalue weighted by molar-refractivity contribution is 5.94. The van der Waals surface area contributed by atoms with Crippen molar-refractivity contribution >= 4 is 5.91 Å². The summed E-state index contributed by atoms with van der Waals surface area (Å²) in [5.74, 6) is -0.00907. The van der Waals surface area contributed by atoms with Crippen molar-refractivity contribution in [2.24, 2.45) is 0 Å². The van der Waals surface area contributed by atoms with E-state index < -0.39 is 0 Å². The second kappa shape index (κ2) is 6.16. The van der Waals surface area contributed by atoms with Crippen molar-refractivity contribution in [3.8, 4) is 0 Å². The van der Waals surface area contributed by atoms with Crippen LogP contribution in [0.3, 0.4) is 0 Å². The molecule has 0 aliphatic carbocycles. The molecule has 1 amide bonds. The predicted octanol–water partition coefficient (Wildman–Crippen LogP) is 2.02. The number of carbonyl (C=O) groups excluding carboxylic acids is 1. The lowest BCUT2D eigenvalue weighted by Gasteiger charge is -2.35. The number of morpholine rings is 1. The molecule has 3 rings (SSSR count). The molecule has 1 aliphatic heterocycles. The van der Waals surface area contributed by atoms with Crippen molar-refractivity contribution in [1.82, 2.24) is 24.9 Å². The molecule has 1 atom stereocenters. The normalized spacial score (nSPS) is 18.7. The third-order valence-corrected chi connectivity index (χ3v) is 4.29. The summed E-state index contributed by atoms with van der Waals surface area (Å²) in [5.41, 5.74) is 3.56. The molecule has 1 saturated heterocycles. The van der Waals surface area contributed by atoms with Gasteiger partial charge in [0.25, 0.3) is 5.91 Å². The first kappa shape index (κ1) is 15.7. The maximum absolute atomic E-state index is 13.0. The fraction of sp³-hybridized carbons (Fsp3) is 0.562. The van der Waals surface area contributed by atoms with Gasteiger partial charge in [0.15, 0.2) is 0 Å². The van der Waals surface area contributed by atoms with Crippen LogP contribution in [0, 0.1) is 13.8 Å². The van der Waals surface area contributed by atoms with Crippen molar-refractivity contribution in [2.45, 2.75) is 39.8 Å². The minimum atomic E-state index is -0.114. The SMILES string of the molecule is Cc1n[nH]c(C)c1C1COCCN1C(=O)c1cnn(C(C)C)c1. The van der Waals surface area contributed by atoms with E-state index in [2.05, 4.69) is 15.3 Å². The number of aromatic nitrogens is 4. The lowest BCUT2D eigenvalue weighted by molar-refractivity contribution is -0.00302. The van der Waals surface area contributed by atoms with Crippen molar-refractivity contribution in [2.75, 3.05) is 19.8 Å². The molecule has 0 radical (unpaired) electrons. The molecule has 0 bridgehead atoms. The first-order valence-electron chi connectivity index (χ1n) is 7.93. The van der Waals surface area contributed by atoms with E-state index in [1.807, 2.05) is 38.8 Å². The van der Waals surface area contributed by atoms with E-state index in [1.165, 1.54) is 0 Å². The monoisotopic (exact) mass is 317 g/mol. The smallest absolute Gasteiger partial charge is 0.257 e. The summed E-state index contributed by atoms with van der Waals surface area (Å²) in [6.45, 7) is 9.62. The topological polar surface area (TPSA) is 76.0 Å². The fourth-order valence-corrected chi connectivity index (χ4v) is 3.03. The third-order valence-electron chi connectivity index (χ3n) is 4.29. The van der Waals surface area contributed by atoms with Gasteiger partial charge in [-0.2, -0.15) is 10.2 Å². The van der Waals surface area contributed by atoms with Gasteiger partial charge in [0.2, 0.25) is 0 Å². The number of nitrogens with zero attached hydrogens (tertiary/aromatic N) is 4. The van der Waals surface area contributed by atoms with Crippen LogP contribution < -0.4 is 0 Å². The minimum Gasteiger partial charge on any atom is -0.377 e. The number of aryl methyl sites for hydroxylation is 2. The molecule has 2 aromatic heterocycles. The Labute approximate surface area is 135 Å². The summed E-state index contributed by atoms with van der Waals surface area (Å²) in [7, 11) is 0. The minimum absolute atomic E-state index is 0.00907. The summed E-state index contributed by atoms with van der Waals surface area (Å²) < 4.78 is 7.42. The molecule has 1 N–H and O–H groups in total. The number of ether oxygens (including phenoxy) is 1. The maximum Gasteiger partial charge on any atom is 0.257 e. The average molecular weight is 317 g/mol. The van der Waals surface area contributed by atoms with E-state index in [1.54, 1.807) is 10.9 Å². The summed E-state index contributed by atoms with van der Waals surface area (Å²) in [4.78, 5) is 14.8. The number of H-pyrrole nitrogens is 1. The molecule has 2 aromatic rings. The van der Waals surface area contributed by atoms with Crippen LogP contribution in [-0.4, -0.2) is 50.5 Å². The van der Waals surface area contributed by atoms with E-state index in [4.69, 9.17) is 4.74 Å². The zero-order chi connectivity index (χ0) is 16.6. The molecule has 1 unspecified atom stereocenters. The molecule has 23 heavy (non-hydrogen) atoms. The second-order valence-corrected chi connectivity index (χ2v) is 6.24. The highest BCUT2D eigenvalue weighted by Gasteiger charge is 2.32. The van der Waals surface area contributed by atoms with Gasteiger partial charge in [0, 0.05) is 30.0 Å². The summed E-state index contributed by atoms with van der Waals surface area (Å²) >= 11 is 0. The van der Waals surface area contributed by atoms with Gasteiger partial charge in [-0.15, -0.1) is 0 Å². The van der Waals surface area contributed by atoms with Crippen molar-refractivity contribution in [3.63, 3.8) is 0 Å². The predicted molar refractivity (Wildman–Crippen MR) is 85.3 cm³/mol. The van der Waals surface area contributed by atoms with Crippen LogP contribution in [0.2, 0.25) is 0 Å². The van der Waals surface area contributed by atoms with Crippen LogP contribution in [-0.2, 0) is 4.74 Å². The lowest BCUT2D eigenvalue weighted by atomic mass is 10.0.